The highest BCUT2D eigenvalue weighted by atomic mass is 16.5. The molecule has 0 spiro atoms. The number of amides is 1. The first kappa shape index (κ1) is 24.1. The van der Waals surface area contributed by atoms with Gasteiger partial charge in [-0.3, -0.25) is 14.3 Å². The van der Waals surface area contributed by atoms with Crippen LogP contribution in [-0.4, -0.2) is 51.4 Å². The van der Waals surface area contributed by atoms with Crippen LogP contribution in [0.3, 0.4) is 0 Å². The number of aromatic amines is 1. The summed E-state index contributed by atoms with van der Waals surface area (Å²) in [7, 11) is 0. The minimum absolute atomic E-state index is 0.0631. The average Bonchev–Trinajstić information content (AvgIpc) is 3.25. The second-order valence-corrected chi connectivity index (χ2v) is 10.0. The molecule has 0 radical (unpaired) electrons. The summed E-state index contributed by atoms with van der Waals surface area (Å²) in [6, 6.07) is 9.96. The minimum Gasteiger partial charge on any atom is -0.379 e. The number of aryl methyl sites for hydroxylation is 1. The number of nitriles is 1. The lowest BCUT2D eigenvalue weighted by Gasteiger charge is -2.35. The van der Waals surface area contributed by atoms with Gasteiger partial charge in [-0.2, -0.15) is 10.4 Å². The normalized spacial score (nSPS) is 22.4. The maximum Gasteiger partial charge on any atom is 0.261 e. The van der Waals surface area contributed by atoms with E-state index in [0.29, 0.717) is 35.5 Å². The van der Waals surface area contributed by atoms with Crippen molar-refractivity contribution >= 4 is 28.3 Å². The van der Waals surface area contributed by atoms with Crippen LogP contribution in [0.25, 0.3) is 10.9 Å². The number of pyridine rings is 1. The summed E-state index contributed by atoms with van der Waals surface area (Å²) in [6.07, 6.45) is 6.63. The van der Waals surface area contributed by atoms with Crippen LogP contribution < -0.4 is 10.9 Å². The molecule has 1 amide bonds. The van der Waals surface area contributed by atoms with E-state index in [2.05, 4.69) is 23.3 Å². The first-order chi connectivity index (χ1) is 17.4. The van der Waals surface area contributed by atoms with Crippen LogP contribution in [0.1, 0.15) is 61.4 Å². The lowest BCUT2D eigenvalue weighted by atomic mass is 9.89. The van der Waals surface area contributed by atoms with Crippen molar-refractivity contribution in [1.29, 1.82) is 5.26 Å². The van der Waals surface area contributed by atoms with Gasteiger partial charge in [0.25, 0.3) is 11.5 Å². The number of hydrogen-bond donors (Lipinski definition) is 2. The predicted molar refractivity (Wildman–Crippen MR) is 137 cm³/mol. The Hall–Kier alpha value is -3.64. The number of fused-ring (bicyclic) bond motifs is 1. The molecule has 2 aliphatic rings. The molecule has 1 aromatic carbocycles. The van der Waals surface area contributed by atoms with Gasteiger partial charge in [-0.25, -0.2) is 0 Å². The van der Waals surface area contributed by atoms with E-state index in [9.17, 15) is 14.9 Å². The monoisotopic (exact) mass is 488 g/mol. The molecule has 0 aliphatic carbocycles. The van der Waals surface area contributed by atoms with E-state index in [-0.39, 0.29) is 23.9 Å². The third-order valence-electron chi connectivity index (χ3n) is 7.55. The summed E-state index contributed by atoms with van der Waals surface area (Å²) in [5.74, 6) is 0.478. The Kier molecular flexibility index (Phi) is 6.54. The summed E-state index contributed by atoms with van der Waals surface area (Å²) in [5, 5.41) is 18.1. The number of piperidine rings is 1. The standard InChI is InChI=1S/C27H32N6O3/c1-18-16-20(7-8-21(18)26(35)32-14-4-3-6-19(32)2)30-24-23-22(9-13-29-25(23)34)33(31-24)27(11-12-28)10-5-15-36-17-27/h7-9,13,16,19H,3-6,10-11,14-15,17H2,1-2H3,(H,29,34)(H,30,31)/t19-,27-/m0/s1. The summed E-state index contributed by atoms with van der Waals surface area (Å²) < 4.78 is 7.55. The zero-order valence-electron chi connectivity index (χ0n) is 20.8. The fraction of sp³-hybridized carbons (Fsp3) is 0.481. The van der Waals surface area contributed by atoms with Crippen molar-refractivity contribution in [2.75, 3.05) is 25.1 Å². The Labute approximate surface area is 210 Å². The van der Waals surface area contributed by atoms with Gasteiger partial charge in [0.1, 0.15) is 5.39 Å². The van der Waals surface area contributed by atoms with Crippen molar-refractivity contribution in [3.8, 4) is 6.07 Å². The molecule has 188 valence electrons. The zero-order valence-corrected chi connectivity index (χ0v) is 20.8. The molecule has 2 atom stereocenters. The second kappa shape index (κ2) is 9.78. The molecule has 9 nitrogen and oxygen atoms in total. The highest BCUT2D eigenvalue weighted by Crippen LogP contribution is 2.35. The van der Waals surface area contributed by atoms with Crippen molar-refractivity contribution in [2.45, 2.75) is 64.0 Å². The molecule has 2 fully saturated rings. The lowest BCUT2D eigenvalue weighted by molar-refractivity contribution is -0.00174. The Balaban J connectivity index is 1.50. The second-order valence-electron chi connectivity index (χ2n) is 10.0. The van der Waals surface area contributed by atoms with Crippen LogP contribution in [0.5, 0.6) is 0 Å². The molecule has 5 rings (SSSR count). The number of anilines is 2. The van der Waals surface area contributed by atoms with E-state index < -0.39 is 5.54 Å². The van der Waals surface area contributed by atoms with Gasteiger partial charge in [-0.15, -0.1) is 0 Å². The predicted octanol–water partition coefficient (Wildman–Crippen LogP) is 4.21. The van der Waals surface area contributed by atoms with Crippen LogP contribution >= 0.6 is 0 Å². The van der Waals surface area contributed by atoms with Crippen molar-refractivity contribution < 1.29 is 9.53 Å². The van der Waals surface area contributed by atoms with Crippen molar-refractivity contribution in [3.05, 3.63) is 51.9 Å². The minimum atomic E-state index is -0.629. The van der Waals surface area contributed by atoms with Gasteiger partial charge in [0, 0.05) is 36.6 Å². The molecule has 9 heteroatoms. The number of carbonyl (C=O) groups is 1. The quantitative estimate of drug-likeness (QED) is 0.556. The lowest BCUT2D eigenvalue weighted by Crippen LogP contribution is -2.42. The molecule has 0 saturated carbocycles. The molecule has 2 aliphatic heterocycles. The maximum atomic E-state index is 13.2. The molecule has 2 saturated heterocycles. The highest BCUT2D eigenvalue weighted by molar-refractivity contribution is 5.97. The van der Waals surface area contributed by atoms with E-state index in [1.807, 2.05) is 36.1 Å². The number of ether oxygens (including phenoxy) is 1. The third-order valence-corrected chi connectivity index (χ3v) is 7.55. The summed E-state index contributed by atoms with van der Waals surface area (Å²) in [6.45, 7) is 5.85. The Morgan fingerprint density at radius 1 is 1.33 bits per heavy atom. The number of H-pyrrole nitrogens is 1. The van der Waals surface area contributed by atoms with Crippen LogP contribution in [0.4, 0.5) is 11.5 Å². The van der Waals surface area contributed by atoms with Gasteiger partial charge in [-0.1, -0.05) is 0 Å². The number of nitrogens with zero attached hydrogens (tertiary/aromatic N) is 4. The molecule has 2 N–H and O–H groups in total. The van der Waals surface area contributed by atoms with Gasteiger partial charge < -0.3 is 19.9 Å². The summed E-state index contributed by atoms with van der Waals surface area (Å²) in [5.41, 5.74) is 2.06. The Morgan fingerprint density at radius 3 is 2.92 bits per heavy atom. The van der Waals surface area contributed by atoms with Gasteiger partial charge in [0.2, 0.25) is 0 Å². The SMILES string of the molecule is Cc1cc(Nc2nn([C@]3(CC#N)CCCOC3)c3cc[nH]c(=O)c23)ccc1C(=O)N1CCCC[C@@H]1C. The molecule has 0 unspecified atom stereocenters. The molecule has 36 heavy (non-hydrogen) atoms. The van der Waals surface area contributed by atoms with Crippen molar-refractivity contribution in [3.63, 3.8) is 0 Å². The first-order valence-electron chi connectivity index (χ1n) is 12.7. The van der Waals surface area contributed by atoms with Crippen molar-refractivity contribution in [1.82, 2.24) is 19.7 Å². The Morgan fingerprint density at radius 2 is 2.19 bits per heavy atom. The smallest absolute Gasteiger partial charge is 0.261 e. The topological polar surface area (TPSA) is 116 Å². The van der Waals surface area contributed by atoms with Gasteiger partial charge in [-0.05, 0) is 75.8 Å². The van der Waals surface area contributed by atoms with Crippen molar-refractivity contribution in [2.24, 2.45) is 0 Å². The molecule has 2 aromatic heterocycles. The summed E-state index contributed by atoms with van der Waals surface area (Å²) >= 11 is 0. The average molecular weight is 489 g/mol. The van der Waals surface area contributed by atoms with Gasteiger partial charge in [0.15, 0.2) is 5.82 Å². The van der Waals surface area contributed by atoms with Crippen LogP contribution in [-0.2, 0) is 10.3 Å². The first-order valence-corrected chi connectivity index (χ1v) is 12.7. The molecular formula is C27H32N6O3. The van der Waals surface area contributed by atoms with Crippen LogP contribution in [0, 0.1) is 18.3 Å². The molecule has 3 aromatic rings. The maximum absolute atomic E-state index is 13.2. The summed E-state index contributed by atoms with van der Waals surface area (Å²) in [4.78, 5) is 30.8. The van der Waals surface area contributed by atoms with Gasteiger partial charge >= 0.3 is 0 Å². The molecular weight excluding hydrogens is 456 g/mol. The Bertz CT molecular complexity index is 1380. The van der Waals surface area contributed by atoms with E-state index >= 15 is 0 Å². The third kappa shape index (κ3) is 4.26. The number of likely N-dealkylation sites (tertiary alicyclic amines) is 1. The number of hydrogen-bond acceptors (Lipinski definition) is 6. The van der Waals surface area contributed by atoms with Crippen LogP contribution in [0.15, 0.2) is 35.3 Å². The van der Waals surface area contributed by atoms with E-state index in [4.69, 9.17) is 9.84 Å². The van der Waals surface area contributed by atoms with Gasteiger partial charge in [0.05, 0.1) is 30.2 Å². The number of rotatable bonds is 5. The largest absolute Gasteiger partial charge is 0.379 e. The number of benzene rings is 1. The zero-order chi connectivity index (χ0) is 25.3. The highest BCUT2D eigenvalue weighted by Gasteiger charge is 2.38. The molecule has 4 heterocycles. The van der Waals surface area contributed by atoms with E-state index in [0.717, 1.165) is 49.9 Å². The fourth-order valence-electron chi connectivity index (χ4n) is 5.57. The van der Waals surface area contributed by atoms with Crippen LogP contribution in [0.2, 0.25) is 0 Å². The number of aromatic nitrogens is 3. The number of carbonyl (C=O) groups excluding carboxylic acids is 1. The van der Waals surface area contributed by atoms with E-state index in [1.54, 1.807) is 10.9 Å². The number of nitrogens with one attached hydrogen (secondary N) is 2. The molecule has 0 bridgehead atoms. The fourth-order valence-corrected chi connectivity index (χ4v) is 5.57. The van der Waals surface area contributed by atoms with E-state index in [1.165, 1.54) is 0 Å².